The lowest BCUT2D eigenvalue weighted by Gasteiger charge is -2.30. The Morgan fingerprint density at radius 2 is 1.19 bits per heavy atom. The van der Waals surface area contributed by atoms with Gasteiger partial charge >= 0.3 is 6.09 Å². The number of alkyl carbamates (subject to hydrolysis) is 1. The van der Waals surface area contributed by atoms with E-state index in [1.54, 1.807) is 45.0 Å². The zero-order valence-electron chi connectivity index (χ0n) is 34.2. The topological polar surface area (TPSA) is 176 Å². The number of hydrogen-bond acceptors (Lipinski definition) is 10. The molecule has 4 fully saturated rings. The molecule has 16 heteroatoms. The molecular formula is C42H58F2N4O10. The Kier molecular flexibility index (Phi) is 14.7. The molecule has 4 N–H and O–H groups in total. The first-order chi connectivity index (χ1) is 27.3. The van der Waals surface area contributed by atoms with Gasteiger partial charge in [-0.05, 0) is 81.8 Å². The predicted octanol–water partition coefficient (Wildman–Crippen LogP) is 4.17. The van der Waals surface area contributed by atoms with Crippen LogP contribution in [0, 0.1) is 11.8 Å². The van der Waals surface area contributed by atoms with Crippen LogP contribution in [0.1, 0.15) is 71.7 Å². The van der Waals surface area contributed by atoms with E-state index in [9.17, 15) is 38.2 Å². The van der Waals surface area contributed by atoms with E-state index in [-0.39, 0.29) is 38.1 Å². The fourth-order valence-electron chi connectivity index (χ4n) is 7.74. The standard InChI is InChI=1S/C25H29FN2O5.C17H29FN2O5/c1-15(2)12-20(25(31)28-13-19(26)23-22(28)21(29)14-32-23)27-24(30)16-8-10-18(11-9-16)33-17-6-4-3-5-7-17;1-9(2)6-11(19-16(23)25-17(3,4)5)15(22)20-7-10(18)14-13(20)12(21)8-24-14/h3-11,15,19-23,29H,12-14H2,1-2H3,(H,27,30);9-14,21H,6-8H2,1-5H3,(H,19,23)/t19-,20-,21-,22+,23+;10-,11-,12-,13+,14+/m00/s1. The van der Waals surface area contributed by atoms with E-state index < -0.39 is 90.3 Å². The van der Waals surface area contributed by atoms with Crippen molar-refractivity contribution in [3.63, 3.8) is 0 Å². The minimum atomic E-state index is -1.36. The third kappa shape index (κ3) is 11.2. The normalized spacial score (nSPS) is 27.3. The Morgan fingerprint density at radius 3 is 1.64 bits per heavy atom. The number of benzene rings is 2. The molecule has 0 saturated carbocycles. The number of hydrogen-bond donors (Lipinski definition) is 4. The number of likely N-dealkylation sites (tertiary alicyclic amines) is 2. The number of amides is 4. The van der Waals surface area contributed by atoms with Crippen molar-refractivity contribution in [3.8, 4) is 11.5 Å². The molecule has 0 bridgehead atoms. The van der Waals surface area contributed by atoms with Gasteiger partial charge in [0.15, 0.2) is 0 Å². The van der Waals surface area contributed by atoms with E-state index in [1.165, 1.54) is 9.80 Å². The van der Waals surface area contributed by atoms with Crippen molar-refractivity contribution < 1.29 is 57.1 Å². The third-order valence-electron chi connectivity index (χ3n) is 10.2. The average Bonchev–Trinajstić information content (AvgIpc) is 3.90. The van der Waals surface area contributed by atoms with Crippen molar-refractivity contribution >= 4 is 23.8 Å². The average molecular weight is 817 g/mol. The molecule has 2 aromatic rings. The number of ether oxygens (including phenoxy) is 4. The summed E-state index contributed by atoms with van der Waals surface area (Å²) in [4.78, 5) is 53.9. The van der Waals surface area contributed by atoms with Gasteiger partial charge in [0, 0.05) is 5.56 Å². The minimum Gasteiger partial charge on any atom is -0.457 e. The second-order valence-corrected chi connectivity index (χ2v) is 17.1. The number of nitrogens with one attached hydrogen (secondary N) is 2. The fraction of sp³-hybridized carbons (Fsp3) is 0.619. The number of carbonyl (C=O) groups excluding carboxylic acids is 4. The SMILES string of the molecule is CC(C)C[C@H](NC(=O)OC(C)(C)C)C(=O)N1C[C@H](F)[C@H]2OC[C@H](O)[C@H]21.CC(C)C[C@H](NC(=O)c1ccc(Oc2ccccc2)cc1)C(=O)N1C[C@H](F)[C@H]2OC[C@H](O)[C@H]21. The quantitative estimate of drug-likeness (QED) is 0.258. The molecule has 0 unspecified atom stereocenters. The van der Waals surface area contributed by atoms with Crippen LogP contribution in [-0.4, -0.2) is 137 Å². The van der Waals surface area contributed by atoms with Crippen molar-refractivity contribution in [1.82, 2.24) is 20.4 Å². The van der Waals surface area contributed by atoms with Gasteiger partial charge < -0.3 is 49.6 Å². The summed E-state index contributed by atoms with van der Waals surface area (Å²) in [5.41, 5.74) is -0.308. The molecule has 320 valence electrons. The number of aliphatic hydroxyl groups excluding tert-OH is 2. The summed E-state index contributed by atoms with van der Waals surface area (Å²) < 4.78 is 50.1. The lowest BCUT2D eigenvalue weighted by atomic mass is 10.0. The predicted molar refractivity (Wildman–Crippen MR) is 209 cm³/mol. The molecule has 4 aliphatic heterocycles. The molecule has 0 aromatic heterocycles. The van der Waals surface area contributed by atoms with Gasteiger partial charge in [0.25, 0.3) is 5.91 Å². The van der Waals surface area contributed by atoms with Crippen LogP contribution in [-0.2, 0) is 23.8 Å². The summed E-state index contributed by atoms with van der Waals surface area (Å²) in [6.45, 7) is 12.7. The number of halogens is 2. The van der Waals surface area contributed by atoms with Gasteiger partial charge in [-0.15, -0.1) is 0 Å². The molecule has 0 aliphatic carbocycles. The Labute approximate surface area is 338 Å². The van der Waals surface area contributed by atoms with Crippen molar-refractivity contribution in [2.75, 3.05) is 26.3 Å². The summed E-state index contributed by atoms with van der Waals surface area (Å²) in [5.74, 6) is 0.292. The van der Waals surface area contributed by atoms with Crippen LogP contribution in [0.25, 0.3) is 0 Å². The maximum atomic E-state index is 14.4. The van der Waals surface area contributed by atoms with Gasteiger partial charge in [-0.25, -0.2) is 13.6 Å². The van der Waals surface area contributed by atoms with Gasteiger partial charge in [-0.2, -0.15) is 0 Å². The first-order valence-corrected chi connectivity index (χ1v) is 19.9. The molecule has 4 saturated heterocycles. The van der Waals surface area contributed by atoms with Crippen molar-refractivity contribution in [1.29, 1.82) is 0 Å². The first-order valence-electron chi connectivity index (χ1n) is 19.9. The first kappa shape index (κ1) is 44.7. The van der Waals surface area contributed by atoms with Crippen molar-refractivity contribution in [2.24, 2.45) is 11.8 Å². The number of fused-ring (bicyclic) bond motifs is 2. The van der Waals surface area contributed by atoms with E-state index >= 15 is 0 Å². The minimum absolute atomic E-state index is 0.00184. The zero-order chi connectivity index (χ0) is 42.5. The summed E-state index contributed by atoms with van der Waals surface area (Å²) in [6.07, 6.45) is -6.10. The Hall–Kier alpha value is -4.38. The van der Waals surface area contributed by atoms with Gasteiger partial charge in [0.05, 0.1) is 38.4 Å². The summed E-state index contributed by atoms with van der Waals surface area (Å²) in [6, 6.07) is 12.8. The summed E-state index contributed by atoms with van der Waals surface area (Å²) in [5, 5.41) is 25.6. The highest BCUT2D eigenvalue weighted by atomic mass is 19.1. The van der Waals surface area contributed by atoms with Crippen LogP contribution in [0.2, 0.25) is 0 Å². The molecule has 0 radical (unpaired) electrons. The molecule has 2 aromatic carbocycles. The lowest BCUT2D eigenvalue weighted by molar-refractivity contribution is -0.137. The van der Waals surface area contributed by atoms with Crippen molar-refractivity contribution in [2.45, 2.75) is 128 Å². The number of para-hydroxylation sites is 1. The molecule has 4 aliphatic rings. The van der Waals surface area contributed by atoms with Gasteiger partial charge in [0.2, 0.25) is 11.8 Å². The molecule has 4 heterocycles. The monoisotopic (exact) mass is 816 g/mol. The van der Waals surface area contributed by atoms with E-state index in [2.05, 4.69) is 10.6 Å². The van der Waals surface area contributed by atoms with Gasteiger partial charge in [-0.3, -0.25) is 14.4 Å². The number of aliphatic hydroxyl groups is 2. The number of nitrogens with zero attached hydrogens (tertiary/aromatic N) is 2. The molecule has 14 nitrogen and oxygen atoms in total. The molecule has 4 amide bonds. The fourth-order valence-corrected chi connectivity index (χ4v) is 7.74. The van der Waals surface area contributed by atoms with Crippen LogP contribution >= 0.6 is 0 Å². The second kappa shape index (κ2) is 19.1. The van der Waals surface area contributed by atoms with Crippen LogP contribution in [0.5, 0.6) is 11.5 Å². The maximum absolute atomic E-state index is 14.4. The zero-order valence-corrected chi connectivity index (χ0v) is 34.2. The molecule has 58 heavy (non-hydrogen) atoms. The Morgan fingerprint density at radius 1 is 0.741 bits per heavy atom. The summed E-state index contributed by atoms with van der Waals surface area (Å²) >= 11 is 0. The van der Waals surface area contributed by atoms with Crippen LogP contribution in [0.15, 0.2) is 54.6 Å². The molecular weight excluding hydrogens is 758 g/mol. The molecule has 10 atom stereocenters. The largest absolute Gasteiger partial charge is 0.457 e. The number of carbonyl (C=O) groups is 4. The third-order valence-corrected chi connectivity index (χ3v) is 10.2. The Balaban J connectivity index is 0.000000230. The van der Waals surface area contributed by atoms with E-state index in [4.69, 9.17) is 18.9 Å². The number of rotatable bonds is 11. The van der Waals surface area contributed by atoms with E-state index in [0.717, 1.165) is 0 Å². The smallest absolute Gasteiger partial charge is 0.408 e. The van der Waals surface area contributed by atoms with E-state index in [0.29, 0.717) is 29.9 Å². The maximum Gasteiger partial charge on any atom is 0.408 e. The summed E-state index contributed by atoms with van der Waals surface area (Å²) in [7, 11) is 0. The van der Waals surface area contributed by atoms with Crippen LogP contribution in [0.4, 0.5) is 13.6 Å². The van der Waals surface area contributed by atoms with Crippen LogP contribution < -0.4 is 15.4 Å². The lowest BCUT2D eigenvalue weighted by Crippen LogP contribution is -2.54. The van der Waals surface area contributed by atoms with Crippen LogP contribution in [0.3, 0.4) is 0 Å². The van der Waals surface area contributed by atoms with E-state index in [1.807, 2.05) is 58.0 Å². The van der Waals surface area contributed by atoms with Gasteiger partial charge in [0.1, 0.15) is 65.9 Å². The molecule has 6 rings (SSSR count). The highest BCUT2D eigenvalue weighted by molar-refractivity contribution is 5.97. The van der Waals surface area contributed by atoms with Crippen molar-refractivity contribution in [3.05, 3.63) is 60.2 Å². The highest BCUT2D eigenvalue weighted by Crippen LogP contribution is 2.34. The molecule has 0 spiro atoms. The van der Waals surface area contributed by atoms with Gasteiger partial charge in [-0.1, -0.05) is 45.9 Å². The second-order valence-electron chi connectivity index (χ2n) is 17.1. The highest BCUT2D eigenvalue weighted by Gasteiger charge is 2.54. The Bertz CT molecular complexity index is 1710. The number of alkyl halides is 2.